The van der Waals surface area contributed by atoms with Crippen molar-refractivity contribution in [3.8, 4) is 23.0 Å². The number of aromatic hydroxyl groups is 2. The Morgan fingerprint density at radius 2 is 1.56 bits per heavy atom. The maximum absolute atomic E-state index is 14.0. The number of anilines is 1. The molecule has 3 aromatic rings. The van der Waals surface area contributed by atoms with Gasteiger partial charge in [0.25, 0.3) is 0 Å². The Labute approximate surface area is 316 Å². The van der Waals surface area contributed by atoms with E-state index in [1.54, 1.807) is 31.2 Å². The quantitative estimate of drug-likeness (QED) is 0.0818. The van der Waals surface area contributed by atoms with E-state index in [1.165, 1.54) is 27.2 Å². The second-order valence-electron chi connectivity index (χ2n) is 11.0. The van der Waals surface area contributed by atoms with Gasteiger partial charge >= 0.3 is 64.9 Å². The SMILES string of the molecule is COc1ccc(CNc2cccc3c2C(=O)c2c(O)c4c(c(O)c2C3=O)C[C@@](O)(C2(C)OCCO2)C[C@@H]4O)cc1OC.[CH2-]C.[I][V]([I])[I]. The summed E-state index contributed by atoms with van der Waals surface area (Å²) in [4.78, 5) is 27.5. The molecule has 2 aliphatic carbocycles. The summed E-state index contributed by atoms with van der Waals surface area (Å²) >= 11 is 7.39. The second kappa shape index (κ2) is 16.3. The van der Waals surface area contributed by atoms with Crippen LogP contribution >= 0.6 is 59.9 Å². The van der Waals surface area contributed by atoms with Gasteiger partial charge in [0.2, 0.25) is 0 Å². The average molecular weight is 1040 g/mol. The molecular weight excluding hydrogens is 1000 g/mol. The van der Waals surface area contributed by atoms with E-state index in [0.717, 1.165) is 5.56 Å². The van der Waals surface area contributed by atoms with Crippen molar-refractivity contribution in [2.75, 3.05) is 32.8 Å². The summed E-state index contributed by atoms with van der Waals surface area (Å²) in [6, 6.07) is 10.1. The predicted molar refractivity (Wildman–Crippen MR) is 202 cm³/mol. The predicted octanol–water partition coefficient (Wildman–Crippen LogP) is 6.47. The Morgan fingerprint density at radius 1 is 0.958 bits per heavy atom. The molecule has 0 bridgehead atoms. The average Bonchev–Trinajstić information content (AvgIpc) is 3.52. The van der Waals surface area contributed by atoms with Gasteiger partial charge in [0, 0.05) is 41.8 Å². The van der Waals surface area contributed by atoms with Gasteiger partial charge in [-0.05, 0) is 30.7 Å². The summed E-state index contributed by atoms with van der Waals surface area (Å²) in [5.41, 5.74) is -1.47. The zero-order chi connectivity index (χ0) is 35.6. The summed E-state index contributed by atoms with van der Waals surface area (Å²) in [5.74, 6) is -2.94. The topological polar surface area (TPSA) is 164 Å². The van der Waals surface area contributed by atoms with Gasteiger partial charge in [0.1, 0.15) is 17.1 Å². The van der Waals surface area contributed by atoms with Crippen LogP contribution in [0.5, 0.6) is 23.0 Å². The number of phenolic OH excluding ortho intramolecular Hbond substituents is 2. The van der Waals surface area contributed by atoms with Crippen LogP contribution in [0.2, 0.25) is 0 Å². The van der Waals surface area contributed by atoms with Crippen LogP contribution in [-0.4, -0.2) is 70.8 Å². The van der Waals surface area contributed by atoms with E-state index in [1.807, 2.05) is 6.07 Å². The number of methoxy groups -OCH3 is 2. The summed E-state index contributed by atoms with van der Waals surface area (Å²) in [7, 11) is 3.06. The molecule has 3 aromatic carbocycles. The first-order chi connectivity index (χ1) is 22.8. The van der Waals surface area contributed by atoms with Crippen LogP contribution in [0.25, 0.3) is 0 Å². The van der Waals surface area contributed by atoms with Gasteiger partial charge in [-0.3, -0.25) is 9.59 Å². The van der Waals surface area contributed by atoms with Crippen molar-refractivity contribution in [2.24, 2.45) is 0 Å². The first-order valence-corrected chi connectivity index (χ1v) is 28.2. The number of rotatable bonds is 6. The number of ether oxygens (including phenoxy) is 4. The molecule has 1 heterocycles. The van der Waals surface area contributed by atoms with Crippen LogP contribution in [-0.2, 0) is 27.4 Å². The first-order valence-electron chi connectivity index (χ1n) is 14.7. The minimum atomic E-state index is -1.78. The molecule has 1 saturated heterocycles. The van der Waals surface area contributed by atoms with E-state index >= 15 is 0 Å². The van der Waals surface area contributed by atoms with E-state index in [2.05, 4.69) is 72.2 Å². The molecule has 15 heteroatoms. The van der Waals surface area contributed by atoms with Gasteiger partial charge in [0.05, 0.1) is 50.2 Å². The molecule has 2 atom stereocenters. The number of ketones is 2. The fourth-order valence-corrected chi connectivity index (χ4v) is 6.27. The molecule has 1 aliphatic heterocycles. The number of hydrogen-bond acceptors (Lipinski definition) is 11. The molecule has 11 nitrogen and oxygen atoms in total. The van der Waals surface area contributed by atoms with Gasteiger partial charge in [-0.2, -0.15) is 6.92 Å². The zero-order valence-corrected chi connectivity index (χ0v) is 34.5. The molecule has 0 unspecified atom stereocenters. The monoisotopic (exact) mass is 1040 g/mol. The number of hydrogen-bond donors (Lipinski definition) is 5. The molecule has 6 rings (SSSR count). The van der Waals surface area contributed by atoms with Crippen molar-refractivity contribution in [2.45, 2.75) is 50.7 Å². The van der Waals surface area contributed by atoms with Gasteiger partial charge in [-0.1, -0.05) is 18.2 Å². The third kappa shape index (κ3) is 7.47. The normalized spacial score (nSPS) is 20.4. The van der Waals surface area contributed by atoms with Gasteiger partial charge in [-0.15, -0.1) is 0 Å². The molecule has 0 amide bonds. The Morgan fingerprint density at radius 3 is 2.17 bits per heavy atom. The Bertz CT molecular complexity index is 1700. The second-order valence-corrected chi connectivity index (χ2v) is 46.4. The summed E-state index contributed by atoms with van der Waals surface area (Å²) in [6.45, 7) is 7.27. The molecule has 3 aliphatic rings. The van der Waals surface area contributed by atoms with E-state index in [-0.39, 0.29) is 65.3 Å². The standard InChI is InChI=1S/C31H31NO10.C2H5.3HI.V/c1-30(41-9-10-42-30)31(38)12-17-23(19(33)13-31)29(37)25-24(27(17)35)26(34)16-5-4-6-18(22(16)28(25)36)32-14-15-7-8-20(39-2)21(11-15)40-3;1-2;;;;/h4-8,11,19,32-33,35,37-38H,9-10,12-14H2,1-3H3;1H2,2H3;3*1H;/q;-1;;;;+3/p-3/t19-,31-;;;;;/m0...../s1. The molecule has 48 heavy (non-hydrogen) atoms. The molecule has 1 fully saturated rings. The van der Waals surface area contributed by atoms with Crippen molar-refractivity contribution in [1.82, 2.24) is 0 Å². The third-order valence-corrected chi connectivity index (χ3v) is 8.53. The fourth-order valence-electron chi connectivity index (χ4n) is 6.27. The van der Waals surface area contributed by atoms with Crippen LogP contribution in [0.3, 0.4) is 0 Å². The summed E-state index contributed by atoms with van der Waals surface area (Å²) in [6.07, 6.45) is -2.06. The molecule has 0 spiro atoms. The number of aliphatic hydroxyl groups is 2. The van der Waals surface area contributed by atoms with E-state index in [9.17, 15) is 30.0 Å². The number of benzene rings is 3. The van der Waals surface area contributed by atoms with E-state index in [0.29, 0.717) is 17.2 Å². The summed E-state index contributed by atoms with van der Waals surface area (Å²) < 4.78 is 21.9. The van der Waals surface area contributed by atoms with E-state index in [4.69, 9.17) is 18.9 Å². The number of aliphatic hydroxyl groups excluding tert-OH is 1. The van der Waals surface area contributed by atoms with Gasteiger partial charge in [0.15, 0.2) is 28.9 Å². The van der Waals surface area contributed by atoms with Crippen LogP contribution in [0, 0.1) is 6.92 Å². The Balaban J connectivity index is 0.000000808. The van der Waals surface area contributed by atoms with Gasteiger partial charge in [-0.25, -0.2) is 0 Å². The van der Waals surface area contributed by atoms with Crippen molar-refractivity contribution >= 4 is 77.2 Å². The molecule has 5 N–H and O–H groups in total. The zero-order valence-electron chi connectivity index (χ0n) is 26.6. The van der Waals surface area contributed by atoms with Crippen molar-refractivity contribution in [3.63, 3.8) is 0 Å². The van der Waals surface area contributed by atoms with E-state index < -0.39 is 46.1 Å². The number of carbonyl (C=O) groups is 2. The first kappa shape index (κ1) is 39.4. The fraction of sp³-hybridized carbons (Fsp3) is 0.364. The van der Waals surface area contributed by atoms with Gasteiger partial charge < -0.3 is 51.6 Å². The number of nitrogens with one attached hydrogen (secondary N) is 1. The van der Waals surface area contributed by atoms with Crippen LogP contribution < -0.4 is 14.8 Å². The van der Waals surface area contributed by atoms with Crippen molar-refractivity contribution < 1.29 is 53.9 Å². The third-order valence-electron chi connectivity index (χ3n) is 8.53. The number of halogens is 3. The molecule has 260 valence electrons. The molecule has 0 radical (unpaired) electrons. The number of phenols is 2. The van der Waals surface area contributed by atoms with Crippen molar-refractivity contribution in [1.29, 1.82) is 0 Å². The van der Waals surface area contributed by atoms with Crippen LogP contribution in [0.4, 0.5) is 5.69 Å². The molecule has 0 saturated carbocycles. The van der Waals surface area contributed by atoms with Crippen LogP contribution in [0.15, 0.2) is 36.4 Å². The number of fused-ring (bicyclic) bond motifs is 3. The van der Waals surface area contributed by atoms with Crippen LogP contribution in [0.1, 0.15) is 74.9 Å². The van der Waals surface area contributed by atoms with Crippen molar-refractivity contribution in [3.05, 3.63) is 82.3 Å². The number of carbonyl (C=O) groups excluding carboxylic acids is 2. The molecule has 0 aromatic heterocycles. The minimum absolute atomic E-state index is 0.0344. The summed E-state index contributed by atoms with van der Waals surface area (Å²) in [5, 5.41) is 48.5. The maximum atomic E-state index is 14.0. The Kier molecular flexibility index (Phi) is 13.4. The Hall–Kier alpha value is -1.39. The molecular formula is C33H36I3NO10V-.